The smallest absolute Gasteiger partial charge is 0.800 e. The third kappa shape index (κ3) is 9.88. The molecular formula is C17H17AuN2OS2Y-2. The topological polar surface area (TPSA) is 33.2 Å². The van der Waals surface area contributed by atoms with Crippen molar-refractivity contribution in [2.75, 3.05) is 13.1 Å². The third-order valence-electron chi connectivity index (χ3n) is 2.72. The van der Waals surface area contributed by atoms with E-state index in [1.807, 2.05) is 17.0 Å². The van der Waals surface area contributed by atoms with Gasteiger partial charge >= 0.3 is 22.4 Å². The van der Waals surface area contributed by atoms with Crippen LogP contribution < -0.4 is 0 Å². The number of hydrogen-bond acceptors (Lipinski definition) is 5. The molecule has 2 rings (SSSR count). The number of hydrogen-bond donors (Lipinski definition) is 0. The molecule has 0 atom stereocenters. The molecule has 0 unspecified atom stereocenters. The SMILES string of the molecule is O=C(c1[c-]cccc1)c1ccccn1.[Au+3].[CH2-]CN(C[CH2-])C([S-])[S-].[Y]. The molecule has 0 saturated carbocycles. The minimum atomic E-state index is -0.245. The molecule has 3 nitrogen and oxygen atoms in total. The van der Waals surface area contributed by atoms with Gasteiger partial charge in [-0.2, -0.15) is 0 Å². The molecule has 0 aliphatic carbocycles. The fourth-order valence-electron chi connectivity index (χ4n) is 1.49. The predicted octanol–water partition coefficient (Wildman–Crippen LogP) is 2.44. The molecule has 0 saturated heterocycles. The number of carbonyl (C=O) groups excluding carboxylic acids is 1. The normalized spacial score (nSPS) is 9.42. The van der Waals surface area contributed by atoms with Gasteiger partial charge in [-0.1, -0.05) is 6.07 Å². The molecule has 1 aromatic carbocycles. The molecule has 1 radical (unpaired) electrons. The van der Waals surface area contributed by atoms with Crippen LogP contribution in [0.3, 0.4) is 0 Å². The van der Waals surface area contributed by atoms with Crippen molar-refractivity contribution in [1.82, 2.24) is 9.88 Å². The minimum absolute atomic E-state index is 0. The molecule has 129 valence electrons. The van der Waals surface area contributed by atoms with Crippen molar-refractivity contribution in [2.24, 2.45) is 0 Å². The third-order valence-corrected chi connectivity index (χ3v) is 3.32. The standard InChI is InChI=1S/C12H8NO.C5H11NS2.Au.Y/c14-12(10-6-2-1-3-7-10)11-8-4-5-9-13-11;1-3-6(4-2)5(7)8;;/h1-6,8-9H;5,7-8H,1-4H2;;/q-1;-2;+3;/p-2. The molecule has 2 aromatic rings. The van der Waals surface area contributed by atoms with Crippen LogP contribution in [-0.4, -0.2) is 33.5 Å². The molecule has 0 fully saturated rings. The van der Waals surface area contributed by atoms with E-state index in [0.717, 1.165) is 0 Å². The van der Waals surface area contributed by atoms with Gasteiger partial charge in [-0.3, -0.25) is 4.98 Å². The Hall–Kier alpha value is 0.544. The van der Waals surface area contributed by atoms with Crippen LogP contribution >= 0.6 is 0 Å². The van der Waals surface area contributed by atoms with E-state index >= 15 is 0 Å². The molecule has 1 heterocycles. The van der Waals surface area contributed by atoms with Crippen molar-refractivity contribution in [3.05, 3.63) is 79.8 Å². The summed E-state index contributed by atoms with van der Waals surface area (Å²) in [5.41, 5.74) is 1.00. The summed E-state index contributed by atoms with van der Waals surface area (Å²) in [5.74, 6) is -0.0915. The van der Waals surface area contributed by atoms with E-state index < -0.39 is 0 Å². The Morgan fingerprint density at radius 3 is 2.17 bits per heavy atom. The number of carbonyl (C=O) groups is 1. The Morgan fingerprint density at radius 2 is 1.79 bits per heavy atom. The molecule has 0 bridgehead atoms. The second kappa shape index (κ2) is 15.8. The van der Waals surface area contributed by atoms with E-state index in [0.29, 0.717) is 24.3 Å². The second-order valence-electron chi connectivity index (χ2n) is 4.16. The van der Waals surface area contributed by atoms with Gasteiger partial charge in [0.1, 0.15) is 5.78 Å². The summed E-state index contributed by atoms with van der Waals surface area (Å²) in [6, 6.07) is 15.2. The average Bonchev–Trinajstić information content (AvgIpc) is 2.57. The zero-order chi connectivity index (χ0) is 16.4. The molecule has 0 spiro atoms. The maximum atomic E-state index is 11.8. The van der Waals surface area contributed by atoms with Gasteiger partial charge in [0, 0.05) is 38.9 Å². The van der Waals surface area contributed by atoms with Crippen molar-refractivity contribution < 1.29 is 59.9 Å². The molecule has 0 aliphatic rings. The Morgan fingerprint density at radius 1 is 1.17 bits per heavy atom. The zero-order valence-electron chi connectivity index (χ0n) is 13.0. The summed E-state index contributed by atoms with van der Waals surface area (Å²) >= 11 is 9.52. The van der Waals surface area contributed by atoms with E-state index in [1.54, 1.807) is 36.5 Å². The van der Waals surface area contributed by atoms with E-state index in [4.69, 9.17) is 25.3 Å². The van der Waals surface area contributed by atoms with E-state index in [9.17, 15) is 4.79 Å². The Labute approximate surface area is 196 Å². The number of ketones is 1. The first-order valence-electron chi connectivity index (χ1n) is 6.66. The van der Waals surface area contributed by atoms with Crippen molar-refractivity contribution in [2.45, 2.75) is 4.71 Å². The maximum Gasteiger partial charge on any atom is 3.00 e. The Bertz CT molecular complexity index is 514. The first kappa shape index (κ1) is 26.8. The Kier molecular flexibility index (Phi) is 17.6. The summed E-state index contributed by atoms with van der Waals surface area (Å²) in [5, 5.41) is 0. The molecular weight excluding hydrogens is 598 g/mol. The van der Waals surface area contributed by atoms with Crippen LogP contribution in [0.15, 0.2) is 48.7 Å². The van der Waals surface area contributed by atoms with E-state index in [1.165, 1.54) is 0 Å². The van der Waals surface area contributed by atoms with Crippen LogP contribution in [0.25, 0.3) is 0 Å². The monoisotopic (exact) mass is 615 g/mol. The van der Waals surface area contributed by atoms with Gasteiger partial charge in [0.25, 0.3) is 0 Å². The molecule has 0 aliphatic heterocycles. The van der Waals surface area contributed by atoms with Crippen LogP contribution in [0.5, 0.6) is 0 Å². The van der Waals surface area contributed by atoms with Gasteiger partial charge in [0.05, 0.1) is 5.69 Å². The summed E-state index contributed by atoms with van der Waals surface area (Å²) in [7, 11) is 0. The molecule has 7 heteroatoms. The van der Waals surface area contributed by atoms with E-state index in [-0.39, 0.29) is 65.6 Å². The molecule has 1 aromatic heterocycles. The second-order valence-corrected chi connectivity index (χ2v) is 5.35. The fraction of sp³-hybridized carbons (Fsp3) is 0.176. The van der Waals surface area contributed by atoms with Crippen LogP contribution in [0.2, 0.25) is 0 Å². The van der Waals surface area contributed by atoms with Gasteiger partial charge in [0.15, 0.2) is 0 Å². The molecule has 0 N–H and O–H groups in total. The number of nitrogens with zero attached hydrogens (tertiary/aromatic N) is 2. The molecule has 24 heavy (non-hydrogen) atoms. The van der Waals surface area contributed by atoms with Crippen LogP contribution in [-0.2, 0) is 80.3 Å². The number of rotatable bonds is 5. The quantitative estimate of drug-likeness (QED) is 0.224. The largest absolute Gasteiger partial charge is 3.00 e. The average molecular weight is 615 g/mol. The predicted molar refractivity (Wildman–Crippen MR) is 93.8 cm³/mol. The summed E-state index contributed by atoms with van der Waals surface area (Å²) in [4.78, 5) is 17.6. The van der Waals surface area contributed by atoms with Crippen molar-refractivity contribution >= 4 is 31.0 Å². The first-order chi connectivity index (χ1) is 10.6. The van der Waals surface area contributed by atoms with E-state index in [2.05, 4.69) is 24.9 Å². The van der Waals surface area contributed by atoms with Crippen molar-refractivity contribution in [1.29, 1.82) is 0 Å². The number of benzene rings is 1. The number of aromatic nitrogens is 1. The summed E-state index contributed by atoms with van der Waals surface area (Å²) in [6.45, 7) is 8.57. The molecule has 0 amide bonds. The zero-order valence-corrected chi connectivity index (χ0v) is 19.7. The Balaban J connectivity index is 0. The summed E-state index contributed by atoms with van der Waals surface area (Å²) in [6.07, 6.45) is 1.61. The maximum absolute atomic E-state index is 11.8. The minimum Gasteiger partial charge on any atom is -0.800 e. The van der Waals surface area contributed by atoms with Crippen LogP contribution in [0.1, 0.15) is 16.1 Å². The number of pyridine rings is 1. The van der Waals surface area contributed by atoms with Gasteiger partial charge in [0.2, 0.25) is 0 Å². The summed E-state index contributed by atoms with van der Waals surface area (Å²) < 4.78 is -0.245. The van der Waals surface area contributed by atoms with Gasteiger partial charge in [-0.05, 0) is 12.1 Å². The van der Waals surface area contributed by atoms with Gasteiger partial charge in [-0.25, -0.2) is 4.71 Å². The van der Waals surface area contributed by atoms with Crippen LogP contribution in [0, 0.1) is 19.9 Å². The van der Waals surface area contributed by atoms with Gasteiger partial charge < -0.3 is 48.8 Å². The first-order valence-corrected chi connectivity index (χ1v) is 7.61. The van der Waals surface area contributed by atoms with Crippen molar-refractivity contribution in [3.8, 4) is 0 Å². The van der Waals surface area contributed by atoms with Gasteiger partial charge in [-0.15, -0.1) is 49.0 Å². The van der Waals surface area contributed by atoms with Crippen LogP contribution in [0.4, 0.5) is 0 Å². The van der Waals surface area contributed by atoms with Crippen molar-refractivity contribution in [3.63, 3.8) is 0 Å². The fourth-order valence-corrected chi connectivity index (χ4v) is 1.91.